The molecule has 1 N–H and O–H groups in total. The van der Waals surface area contributed by atoms with Crippen LogP contribution in [0.25, 0.3) is 0 Å². The third-order valence-corrected chi connectivity index (χ3v) is 11.7. The standard InChI is InChI=1S/C28H35BrClN3O4S/c1-6-12-31(5)25(35)20-21-26(36)33(17(8-3)15-34)24(28(21)14-18(29)23(20)38-28)27(37)32(13-7-2)22-16(4)10-9-11-19(22)30/h6-7,9-11,17-18,20-21,23-24,34H,1-2,8,12-15H2,3-5H3/t17-,18?,20-,21-,23-,24?,28?/m0/s1. The Morgan fingerprint density at radius 3 is 2.58 bits per heavy atom. The van der Waals surface area contributed by atoms with Gasteiger partial charge in [0.2, 0.25) is 11.8 Å². The van der Waals surface area contributed by atoms with Gasteiger partial charge in [-0.05, 0) is 31.4 Å². The zero-order chi connectivity index (χ0) is 27.9. The lowest BCUT2D eigenvalue weighted by atomic mass is 9.70. The van der Waals surface area contributed by atoms with Crippen LogP contribution in [0, 0.1) is 18.8 Å². The normalized spacial score (nSPS) is 30.2. The van der Waals surface area contributed by atoms with Crippen LogP contribution in [0.15, 0.2) is 43.5 Å². The Bertz CT molecular complexity index is 1130. The number of para-hydroxylation sites is 1. The molecule has 206 valence electrons. The second-order valence-electron chi connectivity index (χ2n) is 10.3. The van der Waals surface area contributed by atoms with Crippen LogP contribution in [-0.2, 0) is 14.4 Å². The number of thioether (sulfide) groups is 1. The van der Waals surface area contributed by atoms with Crippen molar-refractivity contribution >= 4 is 62.7 Å². The quantitative estimate of drug-likeness (QED) is 0.314. The van der Waals surface area contributed by atoms with E-state index in [-0.39, 0.29) is 41.0 Å². The Morgan fingerprint density at radius 1 is 1.32 bits per heavy atom. The van der Waals surface area contributed by atoms with Crippen LogP contribution >= 0.6 is 39.3 Å². The average molecular weight is 625 g/mol. The summed E-state index contributed by atoms with van der Waals surface area (Å²) in [6.45, 7) is 11.7. The van der Waals surface area contributed by atoms with E-state index in [4.69, 9.17) is 11.6 Å². The Labute approximate surface area is 242 Å². The van der Waals surface area contributed by atoms with E-state index in [0.29, 0.717) is 30.1 Å². The largest absolute Gasteiger partial charge is 0.394 e. The highest BCUT2D eigenvalue weighted by Crippen LogP contribution is 2.68. The van der Waals surface area contributed by atoms with Crippen LogP contribution in [0.3, 0.4) is 0 Å². The fraction of sp³-hybridized carbons (Fsp3) is 0.536. The number of benzene rings is 1. The van der Waals surface area contributed by atoms with Crippen molar-refractivity contribution in [3.05, 3.63) is 54.1 Å². The Hall–Kier alpha value is -1.81. The molecule has 1 spiro atoms. The van der Waals surface area contributed by atoms with Crippen molar-refractivity contribution < 1.29 is 19.5 Å². The van der Waals surface area contributed by atoms with Gasteiger partial charge in [-0.15, -0.1) is 24.9 Å². The van der Waals surface area contributed by atoms with E-state index < -0.39 is 28.7 Å². The third-order valence-electron chi connectivity index (χ3n) is 8.14. The fourth-order valence-electron chi connectivity index (χ4n) is 6.51. The monoisotopic (exact) mass is 623 g/mol. The van der Waals surface area contributed by atoms with Crippen LogP contribution in [0.5, 0.6) is 0 Å². The molecule has 3 aliphatic rings. The molecule has 38 heavy (non-hydrogen) atoms. The first kappa shape index (κ1) is 29.2. The molecule has 3 fully saturated rings. The number of nitrogens with zero attached hydrogens (tertiary/aromatic N) is 3. The smallest absolute Gasteiger partial charge is 0.251 e. The molecule has 3 aliphatic heterocycles. The summed E-state index contributed by atoms with van der Waals surface area (Å²) in [4.78, 5) is 47.4. The van der Waals surface area contributed by atoms with Crippen molar-refractivity contribution in [2.75, 3.05) is 31.6 Å². The Balaban J connectivity index is 1.87. The summed E-state index contributed by atoms with van der Waals surface area (Å²) < 4.78 is -0.820. The number of rotatable bonds is 10. The minimum atomic E-state index is -0.870. The van der Waals surface area contributed by atoms with Crippen molar-refractivity contribution in [3.8, 4) is 0 Å². The summed E-state index contributed by atoms with van der Waals surface area (Å²) in [6, 6.07) is 4.04. The van der Waals surface area contributed by atoms with Crippen LogP contribution in [0.4, 0.5) is 5.69 Å². The molecule has 10 heteroatoms. The van der Waals surface area contributed by atoms with Gasteiger partial charge in [-0.2, -0.15) is 0 Å². The lowest BCUT2D eigenvalue weighted by Gasteiger charge is -2.40. The number of aliphatic hydroxyl groups is 1. The van der Waals surface area contributed by atoms with Crippen LogP contribution in [0.1, 0.15) is 25.3 Å². The molecule has 0 aromatic heterocycles. The fourth-order valence-corrected chi connectivity index (χ4v) is 10.4. The van der Waals surface area contributed by atoms with Gasteiger partial charge in [-0.3, -0.25) is 14.4 Å². The number of aliphatic hydroxyl groups excluding tert-OH is 1. The minimum Gasteiger partial charge on any atom is -0.394 e. The second kappa shape index (κ2) is 11.4. The minimum absolute atomic E-state index is 0.0398. The van der Waals surface area contributed by atoms with Gasteiger partial charge >= 0.3 is 0 Å². The lowest BCUT2D eigenvalue weighted by molar-refractivity contribution is -0.144. The number of likely N-dealkylation sites (tertiary alicyclic amines) is 1. The number of aryl methyl sites for hydroxylation is 1. The van der Waals surface area contributed by atoms with Gasteiger partial charge in [0.1, 0.15) is 6.04 Å². The number of halogens is 2. The summed E-state index contributed by atoms with van der Waals surface area (Å²) in [5, 5.41) is 10.6. The van der Waals surface area contributed by atoms with Gasteiger partial charge < -0.3 is 19.8 Å². The summed E-state index contributed by atoms with van der Waals surface area (Å²) in [7, 11) is 1.71. The molecule has 1 aromatic carbocycles. The number of carbonyl (C=O) groups excluding carboxylic acids is 3. The average Bonchev–Trinajstić information content (AvgIpc) is 3.47. The van der Waals surface area contributed by atoms with E-state index in [1.165, 1.54) is 0 Å². The number of amides is 3. The van der Waals surface area contributed by atoms with Gasteiger partial charge in [0.15, 0.2) is 0 Å². The number of fused-ring (bicyclic) bond motifs is 1. The topological polar surface area (TPSA) is 81.2 Å². The molecule has 4 rings (SSSR count). The van der Waals surface area contributed by atoms with Gasteiger partial charge in [-0.25, -0.2) is 0 Å². The summed E-state index contributed by atoms with van der Waals surface area (Å²) >= 11 is 12.0. The maximum Gasteiger partial charge on any atom is 0.251 e. The molecule has 7 atom stereocenters. The van der Waals surface area contributed by atoms with Crippen LogP contribution < -0.4 is 4.90 Å². The summed E-state index contributed by atoms with van der Waals surface area (Å²) in [5.41, 5.74) is 1.40. The van der Waals surface area contributed by atoms with Crippen molar-refractivity contribution in [1.29, 1.82) is 0 Å². The molecule has 0 aliphatic carbocycles. The number of carbonyl (C=O) groups is 3. The van der Waals surface area contributed by atoms with Crippen molar-refractivity contribution in [1.82, 2.24) is 9.80 Å². The van der Waals surface area contributed by atoms with Crippen molar-refractivity contribution in [2.45, 2.75) is 53.6 Å². The number of hydrogen-bond acceptors (Lipinski definition) is 5. The Morgan fingerprint density at radius 2 is 2.00 bits per heavy atom. The molecule has 3 saturated heterocycles. The second-order valence-corrected chi connectivity index (χ2v) is 13.4. The predicted octanol–water partition coefficient (Wildman–Crippen LogP) is 4.05. The molecular weight excluding hydrogens is 590 g/mol. The van der Waals surface area contributed by atoms with Crippen molar-refractivity contribution in [2.24, 2.45) is 11.8 Å². The van der Waals surface area contributed by atoms with Crippen molar-refractivity contribution in [3.63, 3.8) is 0 Å². The van der Waals surface area contributed by atoms with E-state index >= 15 is 0 Å². The van der Waals surface area contributed by atoms with Gasteiger partial charge in [-0.1, -0.05) is 58.7 Å². The molecule has 0 radical (unpaired) electrons. The van der Waals surface area contributed by atoms with E-state index in [9.17, 15) is 19.5 Å². The molecule has 7 nitrogen and oxygen atoms in total. The first-order chi connectivity index (χ1) is 18.1. The predicted molar refractivity (Wildman–Crippen MR) is 157 cm³/mol. The van der Waals surface area contributed by atoms with E-state index in [1.54, 1.807) is 51.7 Å². The van der Waals surface area contributed by atoms with Crippen LogP contribution in [0.2, 0.25) is 5.02 Å². The molecule has 0 saturated carbocycles. The SMILES string of the molecule is C=CCN(C)C(=O)[C@H]1[C@H]2C(=O)N([C@@H](CC)CO)C(C(=O)N(CC=C)c3c(C)cccc3Cl)C23CC(Br)[C@@H]1S3. The van der Waals surface area contributed by atoms with Gasteiger partial charge in [0.25, 0.3) is 5.91 Å². The summed E-state index contributed by atoms with van der Waals surface area (Å²) in [6.07, 6.45) is 4.34. The number of likely N-dealkylation sites (N-methyl/N-ethyl adjacent to an activating group) is 1. The summed E-state index contributed by atoms with van der Waals surface area (Å²) in [5.74, 6) is -1.88. The van der Waals surface area contributed by atoms with E-state index in [1.807, 2.05) is 26.0 Å². The first-order valence-electron chi connectivity index (χ1n) is 12.9. The van der Waals surface area contributed by atoms with E-state index in [2.05, 4.69) is 29.1 Å². The maximum absolute atomic E-state index is 14.7. The van der Waals surface area contributed by atoms with E-state index in [0.717, 1.165) is 5.56 Å². The zero-order valence-electron chi connectivity index (χ0n) is 22.0. The number of anilines is 1. The molecule has 3 amide bonds. The maximum atomic E-state index is 14.7. The van der Waals surface area contributed by atoms with Crippen LogP contribution in [-0.4, -0.2) is 86.3 Å². The van der Waals surface area contributed by atoms with Gasteiger partial charge in [0.05, 0.1) is 39.9 Å². The number of hydrogen-bond donors (Lipinski definition) is 1. The molecular formula is C28H35BrClN3O4S. The Kier molecular flexibility index (Phi) is 8.72. The highest BCUT2D eigenvalue weighted by atomic mass is 79.9. The first-order valence-corrected chi connectivity index (χ1v) is 15.0. The zero-order valence-corrected chi connectivity index (χ0v) is 25.1. The number of alkyl halides is 1. The highest BCUT2D eigenvalue weighted by molar-refractivity contribution is 9.09. The third kappa shape index (κ3) is 4.43. The molecule has 3 unspecified atom stereocenters. The van der Waals surface area contributed by atoms with Gasteiger partial charge in [0, 0.05) is 30.2 Å². The highest BCUT2D eigenvalue weighted by Gasteiger charge is 2.76. The lowest BCUT2D eigenvalue weighted by Crippen LogP contribution is -2.58. The molecule has 3 heterocycles. The molecule has 2 bridgehead atoms. The molecule has 1 aromatic rings.